The van der Waals surface area contributed by atoms with Crippen LogP contribution >= 0.6 is 0 Å². The van der Waals surface area contributed by atoms with E-state index in [0.717, 1.165) is 55.7 Å². The number of nitrogens with one attached hydrogen (secondary N) is 1. The van der Waals surface area contributed by atoms with Crippen molar-refractivity contribution in [2.75, 3.05) is 55.3 Å². The Balaban J connectivity index is 1.37. The molecule has 1 N–H and O–H groups in total. The Hall–Kier alpha value is -2.85. The molecule has 1 aromatic carbocycles. The van der Waals surface area contributed by atoms with Gasteiger partial charge in [-0.15, -0.1) is 0 Å². The smallest absolute Gasteiger partial charge is 0.234 e. The van der Waals surface area contributed by atoms with Crippen LogP contribution in [-0.4, -0.2) is 80.4 Å². The van der Waals surface area contributed by atoms with Crippen LogP contribution < -0.4 is 13.9 Å². The number of hydrogen-bond acceptors (Lipinski definition) is 7. The SMILES string of the molecule is CCS(=O)(=O)N(C)c1ccc2[nH]cc(CCCN3CCN(c4ncncc4OC)CC3C)c2c1. The zero-order valence-corrected chi connectivity index (χ0v) is 21.2. The number of fused-ring (bicyclic) bond motifs is 1. The molecule has 0 radical (unpaired) electrons. The molecule has 1 saturated heterocycles. The van der Waals surface area contributed by atoms with Crippen molar-refractivity contribution in [2.24, 2.45) is 0 Å². The molecule has 0 aliphatic carbocycles. The number of benzene rings is 1. The predicted molar refractivity (Wildman–Crippen MR) is 136 cm³/mol. The number of rotatable bonds is 9. The third-order valence-electron chi connectivity index (χ3n) is 6.73. The average Bonchev–Trinajstić information content (AvgIpc) is 3.26. The lowest BCUT2D eigenvalue weighted by Crippen LogP contribution is -2.52. The van der Waals surface area contributed by atoms with Crippen LogP contribution in [0.15, 0.2) is 36.9 Å². The van der Waals surface area contributed by atoms with Gasteiger partial charge in [0.2, 0.25) is 10.0 Å². The highest BCUT2D eigenvalue weighted by molar-refractivity contribution is 7.92. The van der Waals surface area contributed by atoms with E-state index in [1.807, 2.05) is 24.4 Å². The Kier molecular flexibility index (Phi) is 7.27. The van der Waals surface area contributed by atoms with Crippen molar-refractivity contribution in [3.63, 3.8) is 0 Å². The number of aromatic amines is 1. The molecule has 184 valence electrons. The summed E-state index contributed by atoms with van der Waals surface area (Å²) in [5.41, 5.74) is 2.94. The fourth-order valence-electron chi connectivity index (χ4n) is 4.61. The van der Waals surface area contributed by atoms with E-state index in [-0.39, 0.29) is 5.75 Å². The molecule has 3 aromatic rings. The maximum absolute atomic E-state index is 12.3. The summed E-state index contributed by atoms with van der Waals surface area (Å²) >= 11 is 0. The number of nitrogens with zero attached hydrogens (tertiary/aromatic N) is 5. The van der Waals surface area contributed by atoms with Crippen LogP contribution in [0.3, 0.4) is 0 Å². The van der Waals surface area contributed by atoms with E-state index >= 15 is 0 Å². The van der Waals surface area contributed by atoms with Gasteiger partial charge in [-0.05, 0) is 57.0 Å². The van der Waals surface area contributed by atoms with Crippen LogP contribution in [0, 0.1) is 0 Å². The standard InChI is InChI=1S/C24H34N6O3S/c1-5-34(31,32)28(3)20-8-9-22-21(13-20)19(14-26-22)7-6-10-29-11-12-30(16-18(29)2)24-23(33-4)15-25-17-27-24/h8-9,13-15,17-18,26H,5-7,10-12,16H2,1-4H3. The zero-order chi connectivity index (χ0) is 24.3. The summed E-state index contributed by atoms with van der Waals surface area (Å²) in [5, 5.41) is 1.09. The van der Waals surface area contributed by atoms with E-state index in [1.54, 1.807) is 33.6 Å². The zero-order valence-electron chi connectivity index (χ0n) is 20.4. The number of sulfonamides is 1. The van der Waals surface area contributed by atoms with Gasteiger partial charge in [0.25, 0.3) is 0 Å². The van der Waals surface area contributed by atoms with Crippen molar-refractivity contribution >= 4 is 32.4 Å². The quantitative estimate of drug-likeness (QED) is 0.497. The monoisotopic (exact) mass is 486 g/mol. The van der Waals surface area contributed by atoms with Gasteiger partial charge in [-0.2, -0.15) is 0 Å². The van der Waals surface area contributed by atoms with Gasteiger partial charge in [0.1, 0.15) is 6.33 Å². The van der Waals surface area contributed by atoms with Crippen molar-refractivity contribution < 1.29 is 13.2 Å². The minimum atomic E-state index is -3.29. The van der Waals surface area contributed by atoms with Crippen LogP contribution in [0.5, 0.6) is 5.75 Å². The fraction of sp³-hybridized carbons (Fsp3) is 0.500. The molecule has 1 aliphatic rings. The van der Waals surface area contributed by atoms with Gasteiger partial charge in [-0.3, -0.25) is 9.21 Å². The molecule has 1 atom stereocenters. The number of hydrogen-bond donors (Lipinski definition) is 1. The Labute approximate surface area is 201 Å². The topological polar surface area (TPSA) is 94.7 Å². The first-order chi connectivity index (χ1) is 16.3. The molecule has 4 rings (SSSR count). The molecule has 0 bridgehead atoms. The van der Waals surface area contributed by atoms with Gasteiger partial charge >= 0.3 is 0 Å². The maximum Gasteiger partial charge on any atom is 0.234 e. The van der Waals surface area contributed by atoms with Gasteiger partial charge in [0.15, 0.2) is 11.6 Å². The third-order valence-corrected chi connectivity index (χ3v) is 8.51. The molecular weight excluding hydrogens is 452 g/mol. The second-order valence-corrected chi connectivity index (χ2v) is 11.1. The van der Waals surface area contributed by atoms with E-state index in [4.69, 9.17) is 4.74 Å². The molecule has 2 aromatic heterocycles. The van der Waals surface area contributed by atoms with Crippen LogP contribution in [0.2, 0.25) is 0 Å². The number of aryl methyl sites for hydroxylation is 1. The number of H-pyrrole nitrogens is 1. The number of anilines is 2. The highest BCUT2D eigenvalue weighted by Crippen LogP contribution is 2.28. The van der Waals surface area contributed by atoms with Crippen LogP contribution in [-0.2, 0) is 16.4 Å². The Morgan fingerprint density at radius 3 is 2.85 bits per heavy atom. The maximum atomic E-state index is 12.3. The Morgan fingerprint density at radius 2 is 2.12 bits per heavy atom. The second kappa shape index (κ2) is 10.2. The summed E-state index contributed by atoms with van der Waals surface area (Å²) in [6.07, 6.45) is 7.28. The summed E-state index contributed by atoms with van der Waals surface area (Å²) < 4.78 is 31.4. The van der Waals surface area contributed by atoms with Crippen LogP contribution in [0.25, 0.3) is 10.9 Å². The lowest BCUT2D eigenvalue weighted by Gasteiger charge is -2.40. The average molecular weight is 487 g/mol. The molecule has 0 amide bonds. The highest BCUT2D eigenvalue weighted by atomic mass is 32.2. The van der Waals surface area contributed by atoms with Crippen LogP contribution in [0.1, 0.15) is 25.8 Å². The van der Waals surface area contributed by atoms with Crippen molar-refractivity contribution in [3.05, 3.63) is 42.5 Å². The molecule has 10 heteroatoms. The molecule has 0 spiro atoms. The molecule has 1 aliphatic heterocycles. The second-order valence-electron chi connectivity index (χ2n) is 8.76. The van der Waals surface area contributed by atoms with E-state index in [9.17, 15) is 8.42 Å². The van der Waals surface area contributed by atoms with E-state index in [2.05, 4.69) is 31.7 Å². The molecule has 9 nitrogen and oxygen atoms in total. The van der Waals surface area contributed by atoms with Gasteiger partial charge in [0.05, 0.1) is 24.7 Å². The van der Waals surface area contributed by atoms with Crippen molar-refractivity contribution in [1.29, 1.82) is 0 Å². The molecule has 0 saturated carbocycles. The first-order valence-corrected chi connectivity index (χ1v) is 13.3. The Bertz CT molecular complexity index is 1230. The van der Waals surface area contributed by atoms with Crippen molar-refractivity contribution in [2.45, 2.75) is 32.7 Å². The molecule has 3 heterocycles. The lowest BCUT2D eigenvalue weighted by atomic mass is 10.1. The summed E-state index contributed by atoms with van der Waals surface area (Å²) in [4.78, 5) is 16.6. The first-order valence-electron chi connectivity index (χ1n) is 11.7. The number of piperazine rings is 1. The number of methoxy groups -OCH3 is 1. The minimum absolute atomic E-state index is 0.0803. The van der Waals surface area contributed by atoms with E-state index in [0.29, 0.717) is 17.5 Å². The van der Waals surface area contributed by atoms with Gasteiger partial charge < -0.3 is 14.6 Å². The molecular formula is C24H34N6O3S. The van der Waals surface area contributed by atoms with Gasteiger partial charge in [0, 0.05) is 49.8 Å². The number of aromatic nitrogens is 3. The summed E-state index contributed by atoms with van der Waals surface area (Å²) in [7, 11) is -0.0213. The summed E-state index contributed by atoms with van der Waals surface area (Å²) in [6, 6.07) is 6.18. The molecule has 1 unspecified atom stereocenters. The Morgan fingerprint density at radius 1 is 1.29 bits per heavy atom. The van der Waals surface area contributed by atoms with Crippen LogP contribution in [0.4, 0.5) is 11.5 Å². The van der Waals surface area contributed by atoms with E-state index < -0.39 is 10.0 Å². The van der Waals surface area contributed by atoms with E-state index in [1.165, 1.54) is 9.87 Å². The highest BCUT2D eigenvalue weighted by Gasteiger charge is 2.26. The number of ether oxygens (including phenoxy) is 1. The third kappa shape index (κ3) is 4.97. The summed E-state index contributed by atoms with van der Waals surface area (Å²) in [5.74, 6) is 1.64. The van der Waals surface area contributed by atoms with Crippen molar-refractivity contribution in [1.82, 2.24) is 19.9 Å². The normalized spacial score (nSPS) is 17.3. The minimum Gasteiger partial charge on any atom is -0.491 e. The predicted octanol–water partition coefficient (Wildman–Crippen LogP) is 2.90. The molecule has 1 fully saturated rings. The van der Waals surface area contributed by atoms with Gasteiger partial charge in [-0.25, -0.2) is 18.4 Å². The lowest BCUT2D eigenvalue weighted by molar-refractivity contribution is 0.186. The van der Waals surface area contributed by atoms with Crippen molar-refractivity contribution in [3.8, 4) is 5.75 Å². The van der Waals surface area contributed by atoms with Gasteiger partial charge in [-0.1, -0.05) is 0 Å². The summed E-state index contributed by atoms with van der Waals surface area (Å²) in [6.45, 7) is 7.67. The first kappa shape index (κ1) is 24.3. The molecule has 34 heavy (non-hydrogen) atoms. The fourth-order valence-corrected chi connectivity index (χ4v) is 5.43. The largest absolute Gasteiger partial charge is 0.491 e.